The monoisotopic (exact) mass is 332 g/mol. The van der Waals surface area contributed by atoms with E-state index in [1.54, 1.807) is 25.1 Å². The minimum Gasteiger partial charge on any atom is -0.478 e. The molecule has 0 fully saturated rings. The van der Waals surface area contributed by atoms with Crippen LogP contribution in [0.25, 0.3) is 10.8 Å². The number of hydrogen-bond acceptors (Lipinski definition) is 4. The molecular formula is C18H20O6. The van der Waals surface area contributed by atoms with Gasteiger partial charge in [-0.15, -0.1) is 0 Å². The fourth-order valence-electron chi connectivity index (χ4n) is 3.00. The van der Waals surface area contributed by atoms with Crippen LogP contribution >= 0.6 is 0 Å². The molecule has 0 aromatic heterocycles. The van der Waals surface area contributed by atoms with Gasteiger partial charge in [0, 0.05) is 5.39 Å². The van der Waals surface area contributed by atoms with Crippen LogP contribution in [0.4, 0.5) is 0 Å². The number of carboxylic acid groups (broad SMARTS) is 2. The van der Waals surface area contributed by atoms with Crippen molar-refractivity contribution in [1.82, 2.24) is 0 Å². The topological polar surface area (TPSA) is 115 Å². The van der Waals surface area contributed by atoms with E-state index in [4.69, 9.17) is 0 Å². The van der Waals surface area contributed by atoms with Crippen molar-refractivity contribution in [1.29, 1.82) is 0 Å². The molecule has 0 amide bonds. The number of carboxylic acids is 2. The Hall–Kier alpha value is -2.44. The zero-order chi connectivity index (χ0) is 18.0. The van der Waals surface area contributed by atoms with Gasteiger partial charge in [-0.2, -0.15) is 0 Å². The van der Waals surface area contributed by atoms with Gasteiger partial charge >= 0.3 is 11.9 Å². The van der Waals surface area contributed by atoms with Gasteiger partial charge in [0.15, 0.2) is 0 Å². The summed E-state index contributed by atoms with van der Waals surface area (Å²) in [4.78, 5) is 23.4. The molecule has 0 aliphatic carbocycles. The van der Waals surface area contributed by atoms with Crippen LogP contribution in [0.15, 0.2) is 24.3 Å². The number of carbonyl (C=O) groups is 2. The lowest BCUT2D eigenvalue weighted by Gasteiger charge is -2.19. The van der Waals surface area contributed by atoms with Crippen LogP contribution in [-0.2, 0) is 12.8 Å². The average Bonchev–Trinajstić information content (AvgIpc) is 2.45. The number of hydrogen-bond donors (Lipinski definition) is 4. The maximum atomic E-state index is 11.9. The van der Waals surface area contributed by atoms with Crippen molar-refractivity contribution >= 4 is 22.7 Å². The minimum absolute atomic E-state index is 0.0631. The van der Waals surface area contributed by atoms with Crippen molar-refractivity contribution in [2.45, 2.75) is 38.9 Å². The highest BCUT2D eigenvalue weighted by Gasteiger charge is 2.24. The molecular weight excluding hydrogens is 312 g/mol. The largest absolute Gasteiger partial charge is 0.478 e. The summed E-state index contributed by atoms with van der Waals surface area (Å²) < 4.78 is 0. The smallest absolute Gasteiger partial charge is 0.336 e. The predicted octanol–water partition coefficient (Wildman–Crippen LogP) is 2.08. The first kappa shape index (κ1) is 17.9. The fourth-order valence-corrected chi connectivity index (χ4v) is 3.00. The lowest BCUT2D eigenvalue weighted by Crippen LogP contribution is -2.17. The minimum atomic E-state index is -1.25. The van der Waals surface area contributed by atoms with Crippen molar-refractivity contribution in [3.8, 4) is 0 Å². The van der Waals surface area contributed by atoms with E-state index in [0.717, 1.165) is 0 Å². The first-order valence-electron chi connectivity index (χ1n) is 7.62. The Morgan fingerprint density at radius 2 is 1.62 bits per heavy atom. The molecule has 0 saturated carbocycles. The SMILES string of the molecule is CC(O)Cc1cc2cccc(C(=O)O)c2c(C(=O)O)c1CC(C)O. The van der Waals surface area contributed by atoms with Crippen molar-refractivity contribution in [2.75, 3.05) is 0 Å². The second-order valence-corrected chi connectivity index (χ2v) is 6.01. The first-order chi connectivity index (χ1) is 11.2. The van der Waals surface area contributed by atoms with Gasteiger partial charge in [0.05, 0.1) is 23.3 Å². The third-order valence-corrected chi connectivity index (χ3v) is 3.82. The lowest BCUT2D eigenvalue weighted by atomic mass is 9.87. The normalized spacial score (nSPS) is 13.7. The molecule has 2 atom stereocenters. The molecule has 0 bridgehead atoms. The van der Waals surface area contributed by atoms with Gasteiger partial charge in [0.25, 0.3) is 0 Å². The Bertz CT molecular complexity index is 792. The summed E-state index contributed by atoms with van der Waals surface area (Å²) in [5.41, 5.74) is 0.736. The van der Waals surface area contributed by atoms with Gasteiger partial charge in [0.1, 0.15) is 0 Å². The molecule has 2 unspecified atom stereocenters. The maximum Gasteiger partial charge on any atom is 0.336 e. The van der Waals surface area contributed by atoms with E-state index in [1.165, 1.54) is 13.0 Å². The van der Waals surface area contributed by atoms with Crippen molar-refractivity contribution in [3.63, 3.8) is 0 Å². The molecule has 2 rings (SSSR count). The Morgan fingerprint density at radius 3 is 2.12 bits per heavy atom. The second-order valence-electron chi connectivity index (χ2n) is 6.01. The van der Waals surface area contributed by atoms with Crippen molar-refractivity contribution in [3.05, 3.63) is 46.5 Å². The molecule has 2 aromatic rings. The summed E-state index contributed by atoms with van der Waals surface area (Å²) in [6.45, 7) is 3.12. The molecule has 4 N–H and O–H groups in total. The average molecular weight is 332 g/mol. The summed E-state index contributed by atoms with van der Waals surface area (Å²) in [5, 5.41) is 39.2. The molecule has 0 heterocycles. The fraction of sp³-hybridized carbons (Fsp3) is 0.333. The van der Waals surface area contributed by atoms with Crippen LogP contribution < -0.4 is 0 Å². The Morgan fingerprint density at radius 1 is 1.00 bits per heavy atom. The molecule has 0 aliphatic heterocycles. The summed E-state index contributed by atoms with van der Waals surface area (Å²) in [5.74, 6) is -2.47. The van der Waals surface area contributed by atoms with Gasteiger partial charge in [-0.25, -0.2) is 9.59 Å². The highest BCUT2D eigenvalue weighted by atomic mass is 16.4. The molecule has 0 aliphatic rings. The van der Waals surface area contributed by atoms with Crippen LogP contribution in [0.1, 0.15) is 45.7 Å². The van der Waals surface area contributed by atoms with Gasteiger partial charge in [0.2, 0.25) is 0 Å². The quantitative estimate of drug-likeness (QED) is 0.644. The van der Waals surface area contributed by atoms with Crippen LogP contribution in [0.3, 0.4) is 0 Å². The Kier molecular flexibility index (Phi) is 5.21. The third-order valence-electron chi connectivity index (χ3n) is 3.82. The van der Waals surface area contributed by atoms with Gasteiger partial charge in [-0.05, 0) is 49.3 Å². The van der Waals surface area contributed by atoms with Crippen LogP contribution in [-0.4, -0.2) is 44.6 Å². The molecule has 128 valence electrons. The molecule has 24 heavy (non-hydrogen) atoms. The standard InChI is InChI=1S/C18H20O6/c1-9(19)6-12-8-11-4-3-5-13(17(21)22)15(11)16(18(23)24)14(12)7-10(2)20/h3-5,8-10,19-20H,6-7H2,1-2H3,(H,21,22)(H,23,24). The van der Waals surface area contributed by atoms with E-state index < -0.39 is 24.1 Å². The van der Waals surface area contributed by atoms with E-state index in [1.807, 2.05) is 0 Å². The number of aliphatic hydroxyl groups excluding tert-OH is 2. The molecule has 2 aromatic carbocycles. The highest BCUT2D eigenvalue weighted by Crippen LogP contribution is 2.31. The number of fused-ring (bicyclic) bond motifs is 1. The number of aliphatic hydroxyl groups is 2. The van der Waals surface area contributed by atoms with Crippen molar-refractivity contribution in [2.24, 2.45) is 0 Å². The van der Waals surface area contributed by atoms with E-state index in [9.17, 15) is 30.0 Å². The van der Waals surface area contributed by atoms with Crippen molar-refractivity contribution < 1.29 is 30.0 Å². The van der Waals surface area contributed by atoms with Gasteiger partial charge in [-0.3, -0.25) is 0 Å². The Labute approximate surface area is 139 Å². The summed E-state index contributed by atoms with van der Waals surface area (Å²) in [7, 11) is 0. The van der Waals surface area contributed by atoms with E-state index in [0.29, 0.717) is 16.5 Å². The summed E-state index contributed by atoms with van der Waals surface area (Å²) in [6, 6.07) is 6.25. The van der Waals surface area contributed by atoms with E-state index in [2.05, 4.69) is 0 Å². The summed E-state index contributed by atoms with van der Waals surface area (Å²) >= 11 is 0. The van der Waals surface area contributed by atoms with Gasteiger partial charge < -0.3 is 20.4 Å². The third kappa shape index (κ3) is 3.55. The maximum absolute atomic E-state index is 11.9. The van der Waals surface area contributed by atoms with E-state index >= 15 is 0 Å². The molecule has 6 nitrogen and oxygen atoms in total. The Balaban J connectivity index is 2.93. The molecule has 0 spiro atoms. The zero-order valence-electron chi connectivity index (χ0n) is 13.5. The number of rotatable bonds is 6. The molecule has 0 saturated heterocycles. The van der Waals surface area contributed by atoms with Crippen LogP contribution in [0.5, 0.6) is 0 Å². The second kappa shape index (κ2) is 6.98. The molecule has 6 heteroatoms. The van der Waals surface area contributed by atoms with Crippen LogP contribution in [0.2, 0.25) is 0 Å². The first-order valence-corrected chi connectivity index (χ1v) is 7.62. The highest BCUT2D eigenvalue weighted by molar-refractivity contribution is 6.13. The number of aromatic carboxylic acids is 2. The lowest BCUT2D eigenvalue weighted by molar-refractivity contribution is 0.0694. The van der Waals surface area contributed by atoms with E-state index in [-0.39, 0.29) is 29.4 Å². The van der Waals surface area contributed by atoms with Crippen LogP contribution in [0, 0.1) is 0 Å². The zero-order valence-corrected chi connectivity index (χ0v) is 13.5. The molecule has 0 radical (unpaired) electrons. The number of benzene rings is 2. The summed E-state index contributed by atoms with van der Waals surface area (Å²) in [6.07, 6.45) is -1.21. The van der Waals surface area contributed by atoms with Gasteiger partial charge in [-0.1, -0.05) is 18.2 Å². The predicted molar refractivity (Wildman–Crippen MR) is 88.6 cm³/mol.